The summed E-state index contributed by atoms with van der Waals surface area (Å²) in [4.78, 5) is 26.6. The predicted molar refractivity (Wildman–Crippen MR) is 122 cm³/mol. The van der Waals surface area contributed by atoms with Crippen LogP contribution >= 0.6 is 0 Å². The van der Waals surface area contributed by atoms with E-state index < -0.39 is 0 Å². The largest absolute Gasteiger partial charge is 0.378 e. The van der Waals surface area contributed by atoms with Crippen molar-refractivity contribution in [3.8, 4) is 11.4 Å². The molecule has 0 bridgehead atoms. The number of amides is 2. The highest BCUT2D eigenvalue weighted by Crippen LogP contribution is 2.38. The van der Waals surface area contributed by atoms with Crippen LogP contribution in [0, 0.1) is 0 Å². The highest BCUT2D eigenvalue weighted by atomic mass is 16.5. The van der Waals surface area contributed by atoms with Gasteiger partial charge in [0.2, 0.25) is 0 Å². The third-order valence-corrected chi connectivity index (χ3v) is 6.56. The molecule has 3 aliphatic heterocycles. The molecule has 0 radical (unpaired) electrons. The van der Waals surface area contributed by atoms with E-state index in [-0.39, 0.29) is 11.6 Å². The standard InChI is InChI=1S/C23H30N6O3/c1-3-24-22(30)25-17-6-4-16(5-7-17)20-26-19-12-23(14-32-15-23)28(2)13-18(19)21(27-20)29-8-10-31-11-9-29/h4-7H,3,8-15H2,1-2H3,(H2,24,25,30). The lowest BCUT2D eigenvalue weighted by Gasteiger charge is -2.51. The maximum Gasteiger partial charge on any atom is 0.319 e. The molecule has 2 amide bonds. The second kappa shape index (κ2) is 8.65. The molecule has 170 valence electrons. The molecule has 2 N–H and O–H groups in total. The Kier molecular flexibility index (Phi) is 5.71. The number of carbonyl (C=O) groups excluding carboxylic acids is 1. The molecule has 9 heteroatoms. The van der Waals surface area contributed by atoms with Gasteiger partial charge in [0.1, 0.15) is 5.82 Å². The van der Waals surface area contributed by atoms with E-state index in [9.17, 15) is 4.79 Å². The summed E-state index contributed by atoms with van der Waals surface area (Å²) >= 11 is 0. The number of ether oxygens (including phenoxy) is 2. The average Bonchev–Trinajstić information content (AvgIpc) is 2.78. The van der Waals surface area contributed by atoms with Crippen LogP contribution < -0.4 is 15.5 Å². The van der Waals surface area contributed by atoms with Crippen LogP contribution in [0.4, 0.5) is 16.3 Å². The van der Waals surface area contributed by atoms with E-state index in [1.54, 1.807) is 0 Å². The molecule has 0 unspecified atom stereocenters. The van der Waals surface area contributed by atoms with Crippen LogP contribution in [0.3, 0.4) is 0 Å². The van der Waals surface area contributed by atoms with Crippen molar-refractivity contribution < 1.29 is 14.3 Å². The van der Waals surface area contributed by atoms with Gasteiger partial charge in [-0.25, -0.2) is 14.8 Å². The highest BCUT2D eigenvalue weighted by molar-refractivity contribution is 5.89. The van der Waals surface area contributed by atoms with E-state index >= 15 is 0 Å². The molecule has 1 aromatic heterocycles. The minimum atomic E-state index is -0.211. The van der Waals surface area contributed by atoms with Crippen LogP contribution in [0.1, 0.15) is 18.2 Å². The van der Waals surface area contributed by atoms with Gasteiger partial charge < -0.3 is 25.0 Å². The molecule has 0 atom stereocenters. The molecule has 1 aromatic carbocycles. The monoisotopic (exact) mass is 438 g/mol. The first kappa shape index (κ1) is 21.1. The lowest BCUT2D eigenvalue weighted by Crippen LogP contribution is -2.64. The number of hydrogen-bond acceptors (Lipinski definition) is 7. The summed E-state index contributed by atoms with van der Waals surface area (Å²) in [7, 11) is 2.17. The minimum absolute atomic E-state index is 0.0430. The number of rotatable bonds is 4. The van der Waals surface area contributed by atoms with Gasteiger partial charge in [-0.3, -0.25) is 4.90 Å². The summed E-state index contributed by atoms with van der Waals surface area (Å²) in [6, 6.07) is 7.48. The normalized spacial score (nSPS) is 19.9. The number of carbonyl (C=O) groups is 1. The summed E-state index contributed by atoms with van der Waals surface area (Å²) in [5.41, 5.74) is 4.04. The van der Waals surface area contributed by atoms with Gasteiger partial charge in [0.25, 0.3) is 0 Å². The molecular formula is C23H30N6O3. The van der Waals surface area contributed by atoms with E-state index in [0.717, 1.165) is 67.9 Å². The molecule has 1 spiro atoms. The van der Waals surface area contributed by atoms with Gasteiger partial charge in [0.15, 0.2) is 5.82 Å². The van der Waals surface area contributed by atoms with Crippen molar-refractivity contribution in [2.75, 3.05) is 63.3 Å². The number of morpholine rings is 1. The lowest BCUT2D eigenvalue weighted by molar-refractivity contribution is -0.140. The van der Waals surface area contributed by atoms with Crippen LogP contribution in [-0.2, 0) is 22.4 Å². The zero-order valence-corrected chi connectivity index (χ0v) is 18.7. The predicted octanol–water partition coefficient (Wildman–Crippen LogP) is 1.88. The number of hydrogen-bond donors (Lipinski definition) is 2. The number of urea groups is 1. The summed E-state index contributed by atoms with van der Waals surface area (Å²) in [5, 5.41) is 5.57. The smallest absolute Gasteiger partial charge is 0.319 e. The molecule has 2 fully saturated rings. The summed E-state index contributed by atoms with van der Waals surface area (Å²) < 4.78 is 11.1. The SMILES string of the molecule is CCNC(=O)Nc1ccc(-c2nc3c(c(N4CCOCC4)n2)CN(C)C2(COC2)C3)cc1. The molecule has 0 aliphatic carbocycles. The molecule has 32 heavy (non-hydrogen) atoms. The zero-order chi connectivity index (χ0) is 22.1. The third-order valence-electron chi connectivity index (χ3n) is 6.56. The fourth-order valence-corrected chi connectivity index (χ4v) is 4.54. The Morgan fingerprint density at radius 2 is 1.88 bits per heavy atom. The Balaban J connectivity index is 1.49. The van der Waals surface area contributed by atoms with E-state index in [1.165, 1.54) is 5.56 Å². The first-order valence-electron chi connectivity index (χ1n) is 11.2. The molecule has 3 aliphatic rings. The maximum absolute atomic E-state index is 11.8. The molecule has 2 aromatic rings. The highest BCUT2D eigenvalue weighted by Gasteiger charge is 2.47. The number of anilines is 2. The first-order chi connectivity index (χ1) is 15.6. The molecule has 5 rings (SSSR count). The Morgan fingerprint density at radius 1 is 1.12 bits per heavy atom. The van der Waals surface area contributed by atoms with Gasteiger partial charge in [-0.2, -0.15) is 0 Å². The lowest BCUT2D eigenvalue weighted by atomic mass is 9.84. The third kappa shape index (κ3) is 3.92. The zero-order valence-electron chi connectivity index (χ0n) is 18.7. The second-order valence-electron chi connectivity index (χ2n) is 8.71. The molecule has 9 nitrogen and oxygen atoms in total. The Labute approximate surface area is 188 Å². The first-order valence-corrected chi connectivity index (χ1v) is 11.2. The van der Waals surface area contributed by atoms with Crippen LogP contribution in [-0.4, -0.2) is 79.5 Å². The molecule has 0 saturated carbocycles. The fraction of sp³-hybridized carbons (Fsp3) is 0.522. The summed E-state index contributed by atoms with van der Waals surface area (Å²) in [6.45, 7) is 7.86. The van der Waals surface area contributed by atoms with E-state index in [2.05, 4.69) is 27.5 Å². The average molecular weight is 439 g/mol. The van der Waals surface area contributed by atoms with Gasteiger partial charge in [-0.15, -0.1) is 0 Å². The number of nitrogens with zero attached hydrogens (tertiary/aromatic N) is 4. The van der Waals surface area contributed by atoms with Crippen LogP contribution in [0.25, 0.3) is 11.4 Å². The molecule has 4 heterocycles. The van der Waals surface area contributed by atoms with Crippen LogP contribution in [0.5, 0.6) is 0 Å². The molecular weight excluding hydrogens is 408 g/mol. The van der Waals surface area contributed by atoms with Gasteiger partial charge in [-0.05, 0) is 38.2 Å². The van der Waals surface area contributed by atoms with E-state index in [1.807, 2.05) is 31.2 Å². The topological polar surface area (TPSA) is 91.9 Å². The second-order valence-corrected chi connectivity index (χ2v) is 8.71. The van der Waals surface area contributed by atoms with Crippen molar-refractivity contribution in [1.29, 1.82) is 0 Å². The van der Waals surface area contributed by atoms with Gasteiger partial charge in [0.05, 0.1) is 37.7 Å². The summed E-state index contributed by atoms with van der Waals surface area (Å²) in [5.74, 6) is 1.73. The number of likely N-dealkylation sites (N-methyl/N-ethyl adjacent to an activating group) is 1. The van der Waals surface area contributed by atoms with Gasteiger partial charge in [0, 0.05) is 49.4 Å². The van der Waals surface area contributed by atoms with Crippen LogP contribution in [0.15, 0.2) is 24.3 Å². The van der Waals surface area contributed by atoms with Crippen molar-refractivity contribution in [2.24, 2.45) is 0 Å². The van der Waals surface area contributed by atoms with Crippen molar-refractivity contribution in [1.82, 2.24) is 20.2 Å². The van der Waals surface area contributed by atoms with Crippen molar-refractivity contribution in [2.45, 2.75) is 25.4 Å². The van der Waals surface area contributed by atoms with Crippen LogP contribution in [0.2, 0.25) is 0 Å². The van der Waals surface area contributed by atoms with Crippen molar-refractivity contribution in [3.05, 3.63) is 35.5 Å². The number of nitrogens with one attached hydrogen (secondary N) is 2. The van der Waals surface area contributed by atoms with Crippen molar-refractivity contribution in [3.63, 3.8) is 0 Å². The number of benzene rings is 1. The summed E-state index contributed by atoms with van der Waals surface area (Å²) in [6.07, 6.45) is 0.864. The quantitative estimate of drug-likeness (QED) is 0.753. The number of fused-ring (bicyclic) bond motifs is 1. The van der Waals surface area contributed by atoms with E-state index in [0.29, 0.717) is 19.8 Å². The van der Waals surface area contributed by atoms with Gasteiger partial charge in [-0.1, -0.05) is 0 Å². The molecule has 2 saturated heterocycles. The Morgan fingerprint density at radius 3 is 2.53 bits per heavy atom. The Hall–Kier alpha value is -2.75. The van der Waals surface area contributed by atoms with E-state index in [4.69, 9.17) is 19.4 Å². The van der Waals surface area contributed by atoms with Gasteiger partial charge >= 0.3 is 6.03 Å². The minimum Gasteiger partial charge on any atom is -0.378 e. The fourth-order valence-electron chi connectivity index (χ4n) is 4.54. The maximum atomic E-state index is 11.8. The van der Waals surface area contributed by atoms with Crippen molar-refractivity contribution >= 4 is 17.5 Å². The number of aromatic nitrogens is 2. The Bertz CT molecular complexity index is 986.